The number of piperazine rings is 1. The molecule has 98 valence electrons. The Morgan fingerprint density at radius 3 is 2.89 bits per heavy atom. The van der Waals surface area contributed by atoms with E-state index in [0.29, 0.717) is 17.8 Å². The van der Waals surface area contributed by atoms with E-state index in [1.165, 1.54) is 0 Å². The minimum Gasteiger partial charge on any atom is -0.334 e. The van der Waals surface area contributed by atoms with E-state index in [4.69, 9.17) is 5.26 Å². The average molecular weight is 258 g/mol. The lowest BCUT2D eigenvalue weighted by atomic mass is 10.1. The number of carbonyl (C=O) groups is 2. The Labute approximate surface area is 111 Å². The van der Waals surface area contributed by atoms with Crippen molar-refractivity contribution in [3.8, 4) is 6.07 Å². The first-order chi connectivity index (χ1) is 9.06. The third-order valence-corrected chi connectivity index (χ3v) is 3.05. The summed E-state index contributed by atoms with van der Waals surface area (Å²) in [4.78, 5) is 29.2. The Balaban J connectivity index is 2.49. The summed E-state index contributed by atoms with van der Waals surface area (Å²) in [6.07, 6.45) is 0.541. The summed E-state index contributed by atoms with van der Waals surface area (Å²) in [7, 11) is 0. The van der Waals surface area contributed by atoms with Crippen LogP contribution in [0, 0.1) is 18.3 Å². The third kappa shape index (κ3) is 2.40. The van der Waals surface area contributed by atoms with Gasteiger partial charge in [0.05, 0.1) is 12.1 Å². The second-order valence-electron chi connectivity index (χ2n) is 4.40. The fourth-order valence-electron chi connectivity index (χ4n) is 2.14. The molecule has 2 rings (SSSR count). The number of rotatable bonds is 2. The average Bonchev–Trinajstić information content (AvgIpc) is 2.37. The van der Waals surface area contributed by atoms with E-state index < -0.39 is 6.04 Å². The van der Waals surface area contributed by atoms with Crippen molar-refractivity contribution in [1.29, 1.82) is 5.26 Å². The van der Waals surface area contributed by atoms with Crippen LogP contribution in [0.5, 0.6) is 0 Å². The summed E-state index contributed by atoms with van der Waals surface area (Å²) >= 11 is 0. The number of carbonyl (C=O) groups excluding carboxylic acids is 2. The number of aryl methyl sites for hydroxylation is 1. The molecule has 0 aromatic carbocycles. The molecule has 1 aromatic rings. The number of nitriles is 1. The van der Waals surface area contributed by atoms with Gasteiger partial charge >= 0.3 is 0 Å². The highest BCUT2D eigenvalue weighted by atomic mass is 16.2. The maximum atomic E-state index is 11.8. The number of imide groups is 1. The molecule has 0 saturated carbocycles. The predicted octanol–water partition coefficient (Wildman–Crippen LogP) is 0.503. The molecule has 2 amide bonds. The Bertz CT molecular complexity index is 576. The molecule has 1 aromatic heterocycles. The summed E-state index contributed by atoms with van der Waals surface area (Å²) in [6, 6.07) is 4.96. The second kappa shape index (κ2) is 5.06. The molecule has 1 unspecified atom stereocenters. The van der Waals surface area contributed by atoms with Gasteiger partial charge in [-0.3, -0.25) is 14.9 Å². The number of nitrogens with zero attached hydrogens (tertiary/aromatic N) is 3. The predicted molar refractivity (Wildman–Crippen MR) is 68.3 cm³/mol. The Morgan fingerprint density at radius 1 is 1.53 bits per heavy atom. The van der Waals surface area contributed by atoms with Gasteiger partial charge in [-0.15, -0.1) is 0 Å². The van der Waals surface area contributed by atoms with Gasteiger partial charge in [-0.2, -0.15) is 5.26 Å². The Hall–Kier alpha value is -2.42. The van der Waals surface area contributed by atoms with Crippen molar-refractivity contribution < 1.29 is 9.59 Å². The quantitative estimate of drug-likeness (QED) is 0.781. The van der Waals surface area contributed by atoms with Gasteiger partial charge in [0.15, 0.2) is 0 Å². The van der Waals surface area contributed by atoms with Crippen LogP contribution in [0.15, 0.2) is 12.1 Å². The minimum absolute atomic E-state index is 0.0371. The van der Waals surface area contributed by atoms with Crippen molar-refractivity contribution >= 4 is 17.6 Å². The highest BCUT2D eigenvalue weighted by Crippen LogP contribution is 2.23. The first-order valence-corrected chi connectivity index (χ1v) is 6.05. The number of pyridine rings is 1. The van der Waals surface area contributed by atoms with E-state index in [1.54, 1.807) is 24.0 Å². The first kappa shape index (κ1) is 13.0. The normalized spacial score (nSPS) is 19.0. The Kier molecular flexibility index (Phi) is 3.47. The van der Waals surface area contributed by atoms with Crippen molar-refractivity contribution in [1.82, 2.24) is 10.3 Å². The SMILES string of the molecule is CCC1C(=O)NC(=O)CN1c1nc(C)ccc1C#N. The molecule has 6 heteroatoms. The van der Waals surface area contributed by atoms with Gasteiger partial charge in [0.25, 0.3) is 0 Å². The van der Waals surface area contributed by atoms with E-state index in [9.17, 15) is 9.59 Å². The molecule has 1 atom stereocenters. The number of hydrogen-bond donors (Lipinski definition) is 1. The number of hydrogen-bond acceptors (Lipinski definition) is 5. The molecular weight excluding hydrogens is 244 g/mol. The van der Waals surface area contributed by atoms with Gasteiger partial charge in [-0.1, -0.05) is 6.92 Å². The summed E-state index contributed by atoms with van der Waals surface area (Å²) in [5.74, 6) is -0.314. The second-order valence-corrected chi connectivity index (χ2v) is 4.40. The molecule has 1 aliphatic rings. The van der Waals surface area contributed by atoms with Gasteiger partial charge in [-0.25, -0.2) is 4.98 Å². The van der Waals surface area contributed by atoms with Gasteiger partial charge in [0, 0.05) is 5.69 Å². The van der Waals surface area contributed by atoms with Crippen LogP contribution in [-0.4, -0.2) is 29.4 Å². The van der Waals surface area contributed by atoms with Gasteiger partial charge < -0.3 is 4.90 Å². The van der Waals surface area contributed by atoms with Crippen molar-refractivity contribution in [2.24, 2.45) is 0 Å². The standard InChI is InChI=1S/C13H14N4O2/c1-3-10-13(19)16-11(18)7-17(10)12-9(6-14)5-4-8(2)15-12/h4-5,10H,3,7H2,1-2H3,(H,16,18,19). The molecule has 0 spiro atoms. The molecule has 1 N–H and O–H groups in total. The zero-order valence-electron chi connectivity index (χ0n) is 10.8. The highest BCUT2D eigenvalue weighted by molar-refractivity contribution is 6.04. The molecule has 0 radical (unpaired) electrons. The third-order valence-electron chi connectivity index (χ3n) is 3.05. The van der Waals surface area contributed by atoms with Crippen LogP contribution in [0.1, 0.15) is 24.6 Å². The van der Waals surface area contributed by atoms with Gasteiger partial charge in [0.1, 0.15) is 17.9 Å². The summed E-state index contributed by atoms with van der Waals surface area (Å²) in [5.41, 5.74) is 1.11. The number of aromatic nitrogens is 1. The van der Waals surface area contributed by atoms with Crippen molar-refractivity contribution in [3.05, 3.63) is 23.4 Å². The zero-order chi connectivity index (χ0) is 14.0. The topological polar surface area (TPSA) is 86.1 Å². The maximum absolute atomic E-state index is 11.8. The number of anilines is 1. The lowest BCUT2D eigenvalue weighted by molar-refractivity contribution is -0.132. The highest BCUT2D eigenvalue weighted by Gasteiger charge is 2.34. The summed E-state index contributed by atoms with van der Waals surface area (Å²) in [5, 5.41) is 11.4. The molecular formula is C13H14N4O2. The lowest BCUT2D eigenvalue weighted by Gasteiger charge is -2.34. The van der Waals surface area contributed by atoms with E-state index in [2.05, 4.69) is 10.3 Å². The van der Waals surface area contributed by atoms with Gasteiger partial charge in [-0.05, 0) is 25.5 Å². The van der Waals surface area contributed by atoms with Crippen LogP contribution in [0.25, 0.3) is 0 Å². The van der Waals surface area contributed by atoms with Crippen LogP contribution in [0.4, 0.5) is 5.82 Å². The fraction of sp³-hybridized carbons (Fsp3) is 0.385. The first-order valence-electron chi connectivity index (χ1n) is 6.05. The lowest BCUT2D eigenvalue weighted by Crippen LogP contribution is -2.58. The van der Waals surface area contributed by atoms with E-state index in [1.807, 2.05) is 13.0 Å². The molecule has 6 nitrogen and oxygen atoms in total. The summed E-state index contributed by atoms with van der Waals surface area (Å²) < 4.78 is 0. The molecule has 2 heterocycles. The van der Waals surface area contributed by atoms with Crippen molar-refractivity contribution in [2.75, 3.05) is 11.4 Å². The molecule has 0 bridgehead atoms. The molecule has 1 saturated heterocycles. The number of amides is 2. The smallest absolute Gasteiger partial charge is 0.249 e. The largest absolute Gasteiger partial charge is 0.334 e. The molecule has 0 aliphatic carbocycles. The van der Waals surface area contributed by atoms with Crippen LogP contribution in [0.3, 0.4) is 0 Å². The van der Waals surface area contributed by atoms with E-state index in [0.717, 1.165) is 5.69 Å². The maximum Gasteiger partial charge on any atom is 0.249 e. The van der Waals surface area contributed by atoms with Gasteiger partial charge in [0.2, 0.25) is 11.8 Å². The van der Waals surface area contributed by atoms with Crippen LogP contribution >= 0.6 is 0 Å². The van der Waals surface area contributed by atoms with Crippen molar-refractivity contribution in [2.45, 2.75) is 26.3 Å². The van der Waals surface area contributed by atoms with Crippen LogP contribution in [0.2, 0.25) is 0 Å². The van der Waals surface area contributed by atoms with E-state index in [-0.39, 0.29) is 18.4 Å². The minimum atomic E-state index is -0.473. The molecule has 1 aliphatic heterocycles. The molecule has 1 fully saturated rings. The van der Waals surface area contributed by atoms with Crippen LogP contribution < -0.4 is 10.2 Å². The van der Waals surface area contributed by atoms with E-state index >= 15 is 0 Å². The Morgan fingerprint density at radius 2 is 2.26 bits per heavy atom. The monoisotopic (exact) mass is 258 g/mol. The number of nitrogens with one attached hydrogen (secondary N) is 1. The summed E-state index contributed by atoms with van der Waals surface area (Å²) in [6.45, 7) is 3.70. The van der Waals surface area contributed by atoms with Crippen LogP contribution in [-0.2, 0) is 9.59 Å². The fourth-order valence-corrected chi connectivity index (χ4v) is 2.14. The zero-order valence-corrected chi connectivity index (χ0v) is 10.8. The molecule has 19 heavy (non-hydrogen) atoms. The van der Waals surface area contributed by atoms with Crippen molar-refractivity contribution in [3.63, 3.8) is 0 Å².